The summed E-state index contributed by atoms with van der Waals surface area (Å²) < 4.78 is 11.0. The van der Waals surface area contributed by atoms with Crippen molar-refractivity contribution in [3.63, 3.8) is 0 Å². The summed E-state index contributed by atoms with van der Waals surface area (Å²) in [5.74, 6) is 1.15. The lowest BCUT2D eigenvalue weighted by molar-refractivity contribution is -0.0742. The summed E-state index contributed by atoms with van der Waals surface area (Å²) in [7, 11) is 1.75. The van der Waals surface area contributed by atoms with Crippen LogP contribution in [0.1, 0.15) is 25.0 Å². The first-order chi connectivity index (χ1) is 9.24. The van der Waals surface area contributed by atoms with E-state index in [4.69, 9.17) is 15.0 Å². The Kier molecular flexibility index (Phi) is 2.98. The number of nitrogen functional groups attached to an aromatic ring is 1. The quantitative estimate of drug-likeness (QED) is 0.912. The van der Waals surface area contributed by atoms with E-state index in [0.717, 1.165) is 29.9 Å². The molecule has 1 aliphatic rings. The molecule has 0 bridgehead atoms. The number of hydrogen-bond donors (Lipinski definition) is 1. The van der Waals surface area contributed by atoms with Crippen LogP contribution in [0.25, 0.3) is 11.3 Å². The Hall–Kier alpha value is -1.88. The maximum atomic E-state index is 5.91. The molecule has 0 spiro atoms. The fourth-order valence-electron chi connectivity index (χ4n) is 2.56. The smallest absolute Gasteiger partial charge is 0.176 e. The number of methoxy groups -OCH3 is 1. The van der Waals surface area contributed by atoms with Gasteiger partial charge in [-0.3, -0.25) is 4.98 Å². The predicted octanol–water partition coefficient (Wildman–Crippen LogP) is 2.43. The molecular formula is C14H17N3O2. The van der Waals surface area contributed by atoms with Gasteiger partial charge in [0.25, 0.3) is 0 Å². The molecule has 1 fully saturated rings. The van der Waals surface area contributed by atoms with Crippen molar-refractivity contribution in [2.75, 3.05) is 12.8 Å². The van der Waals surface area contributed by atoms with Crippen LogP contribution in [0.15, 0.2) is 28.9 Å². The van der Waals surface area contributed by atoms with Crippen molar-refractivity contribution >= 4 is 5.82 Å². The van der Waals surface area contributed by atoms with Gasteiger partial charge in [0.1, 0.15) is 0 Å². The SMILES string of the molecule is COC1(Cc2onc(N)c2-c2ccccn2)CCC1. The summed E-state index contributed by atoms with van der Waals surface area (Å²) in [5.41, 5.74) is 7.38. The topological polar surface area (TPSA) is 74.2 Å². The van der Waals surface area contributed by atoms with E-state index < -0.39 is 0 Å². The van der Waals surface area contributed by atoms with Crippen molar-refractivity contribution in [1.82, 2.24) is 10.1 Å². The van der Waals surface area contributed by atoms with Crippen LogP contribution in [-0.2, 0) is 11.2 Å². The summed E-state index contributed by atoms with van der Waals surface area (Å²) in [6.07, 6.45) is 5.72. The summed E-state index contributed by atoms with van der Waals surface area (Å²) in [6.45, 7) is 0. The van der Waals surface area contributed by atoms with Crippen LogP contribution in [0.4, 0.5) is 5.82 Å². The van der Waals surface area contributed by atoms with E-state index in [1.807, 2.05) is 18.2 Å². The van der Waals surface area contributed by atoms with E-state index in [0.29, 0.717) is 12.2 Å². The molecule has 2 heterocycles. The number of rotatable bonds is 4. The van der Waals surface area contributed by atoms with Gasteiger partial charge in [0.2, 0.25) is 0 Å². The average Bonchev–Trinajstić information content (AvgIpc) is 2.76. The molecule has 0 aromatic carbocycles. The Labute approximate surface area is 111 Å². The molecule has 5 heteroatoms. The lowest BCUT2D eigenvalue weighted by Gasteiger charge is -2.39. The van der Waals surface area contributed by atoms with E-state index in [2.05, 4.69) is 10.1 Å². The van der Waals surface area contributed by atoms with Gasteiger partial charge in [-0.2, -0.15) is 0 Å². The van der Waals surface area contributed by atoms with E-state index in [1.54, 1.807) is 13.3 Å². The van der Waals surface area contributed by atoms with Crippen LogP contribution in [0.3, 0.4) is 0 Å². The Morgan fingerprint density at radius 2 is 2.26 bits per heavy atom. The highest BCUT2D eigenvalue weighted by Crippen LogP contribution is 2.40. The molecule has 2 N–H and O–H groups in total. The average molecular weight is 259 g/mol. The second-order valence-corrected chi connectivity index (χ2v) is 5.00. The Bertz CT molecular complexity index is 556. The first-order valence-electron chi connectivity index (χ1n) is 6.45. The molecule has 2 aromatic rings. The minimum atomic E-state index is -0.116. The van der Waals surface area contributed by atoms with Crippen LogP contribution in [0.5, 0.6) is 0 Å². The van der Waals surface area contributed by atoms with Gasteiger partial charge in [-0.1, -0.05) is 11.2 Å². The third-order valence-electron chi connectivity index (χ3n) is 3.89. The molecule has 19 heavy (non-hydrogen) atoms. The number of aromatic nitrogens is 2. The molecule has 5 nitrogen and oxygen atoms in total. The lowest BCUT2D eigenvalue weighted by atomic mass is 9.76. The maximum Gasteiger partial charge on any atom is 0.176 e. The van der Waals surface area contributed by atoms with Gasteiger partial charge in [0, 0.05) is 19.7 Å². The number of anilines is 1. The number of nitrogens with zero attached hydrogens (tertiary/aromatic N) is 2. The van der Waals surface area contributed by atoms with E-state index in [1.165, 1.54) is 6.42 Å². The molecule has 0 amide bonds. The van der Waals surface area contributed by atoms with Crippen molar-refractivity contribution in [2.24, 2.45) is 0 Å². The number of hydrogen-bond acceptors (Lipinski definition) is 5. The summed E-state index contributed by atoms with van der Waals surface area (Å²) >= 11 is 0. The second kappa shape index (κ2) is 4.66. The fraction of sp³-hybridized carbons (Fsp3) is 0.429. The van der Waals surface area contributed by atoms with Crippen molar-refractivity contribution in [2.45, 2.75) is 31.3 Å². The Morgan fingerprint density at radius 3 is 2.84 bits per heavy atom. The van der Waals surface area contributed by atoms with Crippen LogP contribution in [0, 0.1) is 0 Å². The zero-order valence-electron chi connectivity index (χ0n) is 10.9. The van der Waals surface area contributed by atoms with Gasteiger partial charge in [-0.25, -0.2) is 0 Å². The summed E-state index contributed by atoms with van der Waals surface area (Å²) in [6, 6.07) is 5.70. The summed E-state index contributed by atoms with van der Waals surface area (Å²) in [5, 5.41) is 3.88. The predicted molar refractivity (Wildman–Crippen MR) is 71.4 cm³/mol. The molecule has 0 unspecified atom stereocenters. The highest BCUT2D eigenvalue weighted by atomic mass is 16.5. The van der Waals surface area contributed by atoms with Crippen LogP contribution in [0.2, 0.25) is 0 Å². The monoisotopic (exact) mass is 259 g/mol. The number of pyridine rings is 1. The minimum absolute atomic E-state index is 0.116. The van der Waals surface area contributed by atoms with Gasteiger partial charge in [0.15, 0.2) is 11.6 Å². The van der Waals surface area contributed by atoms with Crippen molar-refractivity contribution < 1.29 is 9.26 Å². The Morgan fingerprint density at radius 1 is 1.42 bits per heavy atom. The van der Waals surface area contributed by atoms with Crippen LogP contribution >= 0.6 is 0 Å². The van der Waals surface area contributed by atoms with Crippen LogP contribution < -0.4 is 5.73 Å². The van der Waals surface area contributed by atoms with Crippen molar-refractivity contribution in [3.05, 3.63) is 30.2 Å². The molecule has 100 valence electrons. The molecule has 0 saturated heterocycles. The van der Waals surface area contributed by atoms with Gasteiger partial charge in [0.05, 0.1) is 16.9 Å². The standard InChI is InChI=1S/C14H17N3O2/c1-18-14(6-4-7-14)9-11-12(13(15)17-19-11)10-5-2-3-8-16-10/h2-3,5,8H,4,6-7,9H2,1H3,(H2,15,17). The zero-order valence-corrected chi connectivity index (χ0v) is 10.9. The fourth-order valence-corrected chi connectivity index (χ4v) is 2.56. The summed E-state index contributed by atoms with van der Waals surface area (Å²) in [4.78, 5) is 4.32. The molecule has 2 aromatic heterocycles. The second-order valence-electron chi connectivity index (χ2n) is 5.00. The molecular weight excluding hydrogens is 242 g/mol. The number of nitrogens with two attached hydrogens (primary N) is 1. The molecule has 0 atom stereocenters. The first kappa shape index (κ1) is 12.2. The third-order valence-corrected chi connectivity index (χ3v) is 3.89. The van der Waals surface area contributed by atoms with Gasteiger partial charge >= 0.3 is 0 Å². The van der Waals surface area contributed by atoms with E-state index >= 15 is 0 Å². The van der Waals surface area contributed by atoms with E-state index in [-0.39, 0.29) is 5.60 Å². The molecule has 1 aliphatic carbocycles. The maximum absolute atomic E-state index is 5.91. The molecule has 0 radical (unpaired) electrons. The van der Waals surface area contributed by atoms with Gasteiger partial charge < -0.3 is 15.0 Å². The third kappa shape index (κ3) is 2.10. The molecule has 0 aliphatic heterocycles. The first-order valence-corrected chi connectivity index (χ1v) is 6.45. The van der Waals surface area contributed by atoms with E-state index in [9.17, 15) is 0 Å². The highest BCUT2D eigenvalue weighted by molar-refractivity contribution is 5.72. The minimum Gasteiger partial charge on any atom is -0.380 e. The van der Waals surface area contributed by atoms with Crippen molar-refractivity contribution in [3.8, 4) is 11.3 Å². The Balaban J connectivity index is 1.95. The molecule has 3 rings (SSSR count). The zero-order chi connectivity index (χ0) is 13.3. The molecule has 1 saturated carbocycles. The highest BCUT2D eigenvalue weighted by Gasteiger charge is 2.39. The van der Waals surface area contributed by atoms with Crippen LogP contribution in [-0.4, -0.2) is 22.9 Å². The lowest BCUT2D eigenvalue weighted by Crippen LogP contribution is -2.41. The van der Waals surface area contributed by atoms with Gasteiger partial charge in [-0.15, -0.1) is 0 Å². The van der Waals surface area contributed by atoms with Crippen molar-refractivity contribution in [1.29, 1.82) is 0 Å². The number of ether oxygens (including phenoxy) is 1. The largest absolute Gasteiger partial charge is 0.380 e. The normalized spacial score (nSPS) is 17.1. The van der Waals surface area contributed by atoms with Gasteiger partial charge in [-0.05, 0) is 31.4 Å².